The van der Waals surface area contributed by atoms with E-state index in [2.05, 4.69) is 16.1 Å². The first-order valence-electron chi connectivity index (χ1n) is 4.75. The molecule has 0 saturated carbocycles. The molecule has 0 fully saturated rings. The maximum absolute atomic E-state index is 11.1. The molecule has 1 rings (SSSR count). The Hall–Kier alpha value is -0.870. The molecule has 0 aromatic heterocycles. The zero-order valence-electron chi connectivity index (χ0n) is 8.56. The minimum atomic E-state index is -0.218. The minimum Gasteiger partial charge on any atom is -0.394 e. The minimum absolute atomic E-state index is 0.0558. The van der Waals surface area contributed by atoms with Gasteiger partial charge in [-0.15, -0.1) is 0 Å². The smallest absolute Gasteiger partial charge is 0.229 e. The summed E-state index contributed by atoms with van der Waals surface area (Å²) in [6.45, 7) is 1.40. The summed E-state index contributed by atoms with van der Waals surface area (Å²) in [6.07, 6.45) is 0.641. The highest BCUT2D eigenvalue weighted by Crippen LogP contribution is 2.12. The molecule has 1 aromatic rings. The van der Waals surface area contributed by atoms with Crippen LogP contribution < -0.4 is 0 Å². The molecule has 0 aliphatic rings. The van der Waals surface area contributed by atoms with Crippen LogP contribution in [0.3, 0.4) is 0 Å². The molecular formula is C11H14BrNO2. The van der Waals surface area contributed by atoms with Gasteiger partial charge >= 0.3 is 0 Å². The van der Waals surface area contributed by atoms with E-state index < -0.39 is 0 Å². The van der Waals surface area contributed by atoms with E-state index in [1.807, 2.05) is 30.3 Å². The van der Waals surface area contributed by atoms with Crippen LogP contribution in [-0.2, 0) is 11.2 Å². The van der Waals surface area contributed by atoms with Crippen molar-refractivity contribution < 1.29 is 9.90 Å². The van der Waals surface area contributed by atoms with Crippen molar-refractivity contribution in [1.82, 2.24) is 3.93 Å². The second-order valence-electron chi connectivity index (χ2n) is 3.36. The van der Waals surface area contributed by atoms with Crippen LogP contribution in [0.4, 0.5) is 0 Å². The van der Waals surface area contributed by atoms with Crippen LogP contribution in [0.15, 0.2) is 30.3 Å². The normalized spacial score (nSPS) is 12.2. The summed E-state index contributed by atoms with van der Waals surface area (Å²) in [4.78, 5) is 11.1. The Balaban J connectivity index is 2.66. The lowest BCUT2D eigenvalue weighted by molar-refractivity contribution is -0.125. The number of nitrogens with zero attached hydrogens (tertiary/aromatic N) is 1. The van der Waals surface area contributed by atoms with Crippen LogP contribution in [-0.4, -0.2) is 27.6 Å². The van der Waals surface area contributed by atoms with Crippen LogP contribution in [0.2, 0.25) is 0 Å². The summed E-state index contributed by atoms with van der Waals surface area (Å²) in [5.41, 5.74) is 1.10. The number of hydrogen-bond acceptors (Lipinski definition) is 2. The van der Waals surface area contributed by atoms with Gasteiger partial charge in [0.1, 0.15) is 0 Å². The summed E-state index contributed by atoms with van der Waals surface area (Å²) in [5.74, 6) is -0.106. The third-order valence-corrected chi connectivity index (χ3v) is 3.22. The van der Waals surface area contributed by atoms with Crippen molar-refractivity contribution in [2.75, 3.05) is 6.61 Å². The highest BCUT2D eigenvalue weighted by Gasteiger charge is 2.18. The summed E-state index contributed by atoms with van der Waals surface area (Å²) in [6, 6.07) is 9.55. The van der Waals surface area contributed by atoms with E-state index in [0.717, 1.165) is 5.56 Å². The van der Waals surface area contributed by atoms with Crippen molar-refractivity contribution in [3.63, 3.8) is 0 Å². The molecule has 0 spiro atoms. The Labute approximate surface area is 98.0 Å². The van der Waals surface area contributed by atoms with E-state index in [0.29, 0.717) is 6.42 Å². The van der Waals surface area contributed by atoms with E-state index in [4.69, 9.17) is 0 Å². The molecule has 15 heavy (non-hydrogen) atoms. The number of aliphatic hydroxyl groups is 1. The molecule has 1 N–H and O–H groups in total. The van der Waals surface area contributed by atoms with Crippen molar-refractivity contribution >= 4 is 22.1 Å². The van der Waals surface area contributed by atoms with Gasteiger partial charge in [0.2, 0.25) is 5.91 Å². The second-order valence-corrected chi connectivity index (χ2v) is 4.12. The third-order valence-electron chi connectivity index (χ3n) is 2.15. The van der Waals surface area contributed by atoms with Crippen LogP contribution in [0, 0.1) is 0 Å². The molecule has 1 amide bonds. The molecule has 0 saturated heterocycles. The SMILES string of the molecule is CC(=O)N(Br)[C@H](CO)Cc1ccccc1. The lowest BCUT2D eigenvalue weighted by Crippen LogP contribution is -2.35. The van der Waals surface area contributed by atoms with Crippen molar-refractivity contribution in [1.29, 1.82) is 0 Å². The van der Waals surface area contributed by atoms with E-state index in [9.17, 15) is 9.90 Å². The molecule has 82 valence electrons. The Bertz CT molecular complexity index is 316. The fourth-order valence-corrected chi connectivity index (χ4v) is 1.63. The first-order chi connectivity index (χ1) is 7.15. The number of amides is 1. The quantitative estimate of drug-likeness (QED) is 0.848. The van der Waals surface area contributed by atoms with Gasteiger partial charge in [-0.2, -0.15) is 0 Å². The number of benzene rings is 1. The molecule has 0 bridgehead atoms. The second kappa shape index (κ2) is 5.88. The van der Waals surface area contributed by atoms with Crippen LogP contribution >= 0.6 is 16.1 Å². The van der Waals surface area contributed by atoms with E-state index in [1.54, 1.807) is 0 Å². The standard InChI is InChI=1S/C11H14BrNO2/c1-9(15)13(12)11(8-14)7-10-5-3-2-4-6-10/h2-6,11,14H,7-8H2,1H3/t11-/m0/s1. The Kier molecular flexibility index (Phi) is 4.78. The zero-order chi connectivity index (χ0) is 11.3. The van der Waals surface area contributed by atoms with Gasteiger partial charge in [-0.3, -0.25) is 8.72 Å². The molecule has 1 atom stereocenters. The van der Waals surface area contributed by atoms with Crippen LogP contribution in [0.25, 0.3) is 0 Å². The van der Waals surface area contributed by atoms with Gasteiger partial charge < -0.3 is 5.11 Å². The van der Waals surface area contributed by atoms with E-state index in [1.165, 1.54) is 10.8 Å². The predicted octanol–water partition coefficient (Wildman–Crippen LogP) is 1.75. The summed E-state index contributed by atoms with van der Waals surface area (Å²) < 4.78 is 1.39. The lowest BCUT2D eigenvalue weighted by Gasteiger charge is -2.22. The monoisotopic (exact) mass is 271 g/mol. The number of aliphatic hydroxyl groups excluding tert-OH is 1. The molecule has 0 heterocycles. The average molecular weight is 272 g/mol. The van der Waals surface area contributed by atoms with Gasteiger partial charge in [-0.1, -0.05) is 30.3 Å². The zero-order valence-corrected chi connectivity index (χ0v) is 10.1. The van der Waals surface area contributed by atoms with Gasteiger partial charge in [0.25, 0.3) is 0 Å². The number of halogens is 1. The Morgan fingerprint density at radius 2 is 2.07 bits per heavy atom. The summed E-state index contributed by atoms with van der Waals surface area (Å²) in [7, 11) is 0. The number of carbonyl (C=O) groups is 1. The summed E-state index contributed by atoms with van der Waals surface area (Å²) in [5, 5.41) is 9.18. The van der Waals surface area contributed by atoms with Gasteiger partial charge in [-0.25, -0.2) is 0 Å². The van der Waals surface area contributed by atoms with Gasteiger partial charge in [0.15, 0.2) is 0 Å². The first-order valence-corrected chi connectivity index (χ1v) is 5.46. The van der Waals surface area contributed by atoms with Gasteiger partial charge in [0, 0.05) is 6.92 Å². The highest BCUT2D eigenvalue weighted by molar-refractivity contribution is 9.07. The van der Waals surface area contributed by atoms with Crippen molar-refractivity contribution in [3.8, 4) is 0 Å². The number of rotatable bonds is 4. The molecule has 1 aromatic carbocycles. The maximum Gasteiger partial charge on any atom is 0.229 e. The molecule has 0 aliphatic carbocycles. The molecular weight excluding hydrogens is 258 g/mol. The third kappa shape index (κ3) is 3.64. The average Bonchev–Trinajstić information content (AvgIpc) is 2.26. The molecule has 0 unspecified atom stereocenters. The van der Waals surface area contributed by atoms with Gasteiger partial charge in [0.05, 0.1) is 28.8 Å². The van der Waals surface area contributed by atoms with Gasteiger partial charge in [-0.05, 0) is 12.0 Å². The van der Waals surface area contributed by atoms with E-state index >= 15 is 0 Å². The Morgan fingerprint density at radius 1 is 1.47 bits per heavy atom. The van der Waals surface area contributed by atoms with Crippen LogP contribution in [0.5, 0.6) is 0 Å². The van der Waals surface area contributed by atoms with Crippen molar-refractivity contribution in [3.05, 3.63) is 35.9 Å². The molecule has 3 nitrogen and oxygen atoms in total. The largest absolute Gasteiger partial charge is 0.394 e. The lowest BCUT2D eigenvalue weighted by atomic mass is 10.1. The Morgan fingerprint density at radius 3 is 2.53 bits per heavy atom. The maximum atomic E-state index is 11.1. The molecule has 0 aliphatic heterocycles. The summed E-state index contributed by atoms with van der Waals surface area (Å²) >= 11 is 3.15. The van der Waals surface area contributed by atoms with Crippen molar-refractivity contribution in [2.24, 2.45) is 0 Å². The topological polar surface area (TPSA) is 40.5 Å². The van der Waals surface area contributed by atoms with Crippen molar-refractivity contribution in [2.45, 2.75) is 19.4 Å². The predicted molar refractivity (Wildman–Crippen MR) is 62.5 cm³/mol. The molecule has 4 heteroatoms. The number of hydrogen-bond donors (Lipinski definition) is 1. The fraction of sp³-hybridized carbons (Fsp3) is 0.364. The first kappa shape index (κ1) is 12.2. The number of carbonyl (C=O) groups excluding carboxylic acids is 1. The van der Waals surface area contributed by atoms with Crippen LogP contribution in [0.1, 0.15) is 12.5 Å². The molecule has 0 radical (unpaired) electrons. The highest BCUT2D eigenvalue weighted by atomic mass is 79.9. The van der Waals surface area contributed by atoms with E-state index in [-0.39, 0.29) is 18.6 Å². The fourth-order valence-electron chi connectivity index (χ4n) is 1.36.